The van der Waals surface area contributed by atoms with Crippen LogP contribution in [0.5, 0.6) is 11.5 Å². The number of nitro benzene ring substituents is 1. The average molecular weight is 607 g/mol. The number of nitrogens with zero attached hydrogens (tertiary/aromatic N) is 2. The molecule has 0 N–H and O–H groups in total. The summed E-state index contributed by atoms with van der Waals surface area (Å²) in [6, 6.07) is 9.76. The molecule has 8 nitrogen and oxygen atoms in total. The second kappa shape index (κ2) is 11.5. The fraction of sp³-hybridized carbons (Fsp3) is 0.471. The topological polar surface area (TPSA) is 99.0 Å². The second-order valence-electron chi connectivity index (χ2n) is 13.3. The first-order valence-electron chi connectivity index (χ1n) is 14.9. The summed E-state index contributed by atoms with van der Waals surface area (Å²) in [5, 5.41) is 11.3. The number of nitro groups is 1. The maximum atomic E-state index is 13.9. The summed E-state index contributed by atoms with van der Waals surface area (Å²) in [7, 11) is 0. The number of carbonyl (C=O) groups excluding carboxylic acids is 2. The molecule has 2 aliphatic carbocycles. The minimum atomic E-state index is -0.541. The SMILES string of the molecule is CCOc1cc(C2C3=C(CC(C)(C)CC3=O)N(CC)C3=C2C(=O)CC(C)(C)C3)cc(Cl)c1OCc1ccc([N+](=O)[O-])cc1. The third kappa shape index (κ3) is 5.94. The summed E-state index contributed by atoms with van der Waals surface area (Å²) in [5.41, 5.74) is 4.46. The lowest BCUT2D eigenvalue weighted by Gasteiger charge is -2.49. The standard InChI is InChI=1S/C34H39ClN2O6/c1-7-36-24-15-33(3,4)17-26(38)30(24)29(31-25(36)16-34(5,6)18-27(31)39)21-13-23(35)32(28(14-21)42-8-2)43-19-20-9-11-22(12-10-20)37(40)41/h9-14,29H,7-8,15-19H2,1-6H3. The van der Waals surface area contributed by atoms with Gasteiger partial charge in [-0.2, -0.15) is 0 Å². The van der Waals surface area contributed by atoms with Gasteiger partial charge >= 0.3 is 0 Å². The van der Waals surface area contributed by atoms with E-state index in [1.165, 1.54) is 12.1 Å². The minimum absolute atomic E-state index is 0.00101. The van der Waals surface area contributed by atoms with Gasteiger partial charge in [-0.1, -0.05) is 39.3 Å². The van der Waals surface area contributed by atoms with E-state index in [1.54, 1.807) is 18.2 Å². The molecule has 0 spiro atoms. The highest BCUT2D eigenvalue weighted by Crippen LogP contribution is 2.55. The van der Waals surface area contributed by atoms with Gasteiger partial charge in [0.15, 0.2) is 23.1 Å². The number of non-ortho nitro benzene ring substituents is 1. The molecule has 0 amide bonds. The van der Waals surface area contributed by atoms with Gasteiger partial charge in [-0.15, -0.1) is 0 Å². The number of hydrogen-bond donors (Lipinski definition) is 0. The predicted octanol–water partition coefficient (Wildman–Crippen LogP) is 7.93. The summed E-state index contributed by atoms with van der Waals surface area (Å²) in [5.74, 6) is 0.340. The first-order valence-corrected chi connectivity index (χ1v) is 15.3. The zero-order valence-electron chi connectivity index (χ0n) is 25.7. The van der Waals surface area contributed by atoms with E-state index >= 15 is 0 Å². The Kier molecular flexibility index (Phi) is 8.20. The van der Waals surface area contributed by atoms with Gasteiger partial charge in [-0.25, -0.2) is 0 Å². The molecule has 9 heteroatoms. The van der Waals surface area contributed by atoms with Gasteiger partial charge in [0.1, 0.15) is 6.61 Å². The Morgan fingerprint density at radius 2 is 1.47 bits per heavy atom. The Bertz CT molecular complexity index is 1500. The molecule has 0 unspecified atom stereocenters. The largest absolute Gasteiger partial charge is 0.490 e. The number of allylic oxidation sites excluding steroid dienone is 4. The molecule has 0 atom stereocenters. The van der Waals surface area contributed by atoms with Crippen molar-refractivity contribution in [1.82, 2.24) is 4.90 Å². The summed E-state index contributed by atoms with van der Waals surface area (Å²) < 4.78 is 12.1. The minimum Gasteiger partial charge on any atom is -0.490 e. The van der Waals surface area contributed by atoms with Gasteiger partial charge < -0.3 is 14.4 Å². The van der Waals surface area contributed by atoms with Crippen LogP contribution in [0, 0.1) is 20.9 Å². The van der Waals surface area contributed by atoms with Gasteiger partial charge in [0, 0.05) is 60.0 Å². The zero-order chi connectivity index (χ0) is 31.3. The van der Waals surface area contributed by atoms with E-state index in [0.29, 0.717) is 53.7 Å². The normalized spacial score (nSPS) is 19.7. The van der Waals surface area contributed by atoms with Crippen molar-refractivity contribution in [2.45, 2.75) is 79.8 Å². The van der Waals surface area contributed by atoms with Gasteiger partial charge in [0.25, 0.3) is 5.69 Å². The van der Waals surface area contributed by atoms with E-state index in [1.807, 2.05) is 13.0 Å². The zero-order valence-corrected chi connectivity index (χ0v) is 26.5. The third-order valence-electron chi connectivity index (χ3n) is 8.53. The van der Waals surface area contributed by atoms with Gasteiger partial charge in [-0.3, -0.25) is 19.7 Å². The van der Waals surface area contributed by atoms with Crippen LogP contribution in [0.1, 0.15) is 84.3 Å². The highest BCUT2D eigenvalue weighted by atomic mass is 35.5. The maximum Gasteiger partial charge on any atom is 0.269 e. The van der Waals surface area contributed by atoms with E-state index < -0.39 is 10.8 Å². The Morgan fingerprint density at radius 3 is 1.95 bits per heavy atom. The van der Waals surface area contributed by atoms with Crippen LogP contribution in [0.4, 0.5) is 5.69 Å². The van der Waals surface area contributed by atoms with E-state index in [9.17, 15) is 19.7 Å². The first-order chi connectivity index (χ1) is 20.2. The summed E-state index contributed by atoms with van der Waals surface area (Å²) in [6.07, 6.45) is 2.30. The molecule has 0 saturated heterocycles. The highest BCUT2D eigenvalue weighted by molar-refractivity contribution is 6.32. The molecule has 3 aliphatic rings. The Labute approximate surface area is 257 Å². The molecule has 228 valence electrons. The first kappa shape index (κ1) is 30.8. The van der Waals surface area contributed by atoms with Crippen molar-refractivity contribution < 1.29 is 24.0 Å². The van der Waals surface area contributed by atoms with Crippen molar-refractivity contribution in [3.8, 4) is 11.5 Å². The number of halogens is 1. The number of ether oxygens (including phenoxy) is 2. The van der Waals surface area contributed by atoms with E-state index in [-0.39, 0.29) is 34.7 Å². The van der Waals surface area contributed by atoms with Crippen LogP contribution in [0.3, 0.4) is 0 Å². The molecule has 0 bridgehead atoms. The lowest BCUT2D eigenvalue weighted by molar-refractivity contribution is -0.384. The maximum absolute atomic E-state index is 13.9. The second-order valence-corrected chi connectivity index (χ2v) is 13.7. The third-order valence-corrected chi connectivity index (χ3v) is 8.81. The fourth-order valence-corrected chi connectivity index (χ4v) is 7.06. The number of Topliss-reactive ketones (excluding diaryl/α,β-unsaturated/α-hetero) is 2. The Hall–Kier alpha value is -3.65. The molecule has 2 aromatic rings. The predicted molar refractivity (Wildman–Crippen MR) is 165 cm³/mol. The lowest BCUT2D eigenvalue weighted by Crippen LogP contribution is -2.44. The van der Waals surface area contributed by atoms with Crippen LogP contribution in [0.2, 0.25) is 5.02 Å². The summed E-state index contributed by atoms with van der Waals surface area (Å²) >= 11 is 6.89. The molecule has 0 aromatic heterocycles. The summed E-state index contributed by atoms with van der Waals surface area (Å²) in [6.45, 7) is 13.6. The molecule has 1 aliphatic heterocycles. The number of carbonyl (C=O) groups is 2. The van der Waals surface area contributed by atoms with Crippen LogP contribution in [-0.4, -0.2) is 34.5 Å². The fourth-order valence-electron chi connectivity index (χ4n) is 6.79. The lowest BCUT2D eigenvalue weighted by atomic mass is 9.63. The van der Waals surface area contributed by atoms with Gasteiger partial charge in [0.2, 0.25) is 0 Å². The van der Waals surface area contributed by atoms with Crippen molar-refractivity contribution in [1.29, 1.82) is 0 Å². The average Bonchev–Trinajstić information content (AvgIpc) is 2.90. The van der Waals surface area contributed by atoms with Gasteiger partial charge in [-0.05, 0) is 72.9 Å². The molecule has 0 fully saturated rings. The Balaban J connectivity index is 1.62. The van der Waals surface area contributed by atoms with E-state index in [4.69, 9.17) is 21.1 Å². The number of hydrogen-bond acceptors (Lipinski definition) is 7. The van der Waals surface area contributed by atoms with Crippen molar-refractivity contribution in [2.24, 2.45) is 10.8 Å². The molecule has 1 heterocycles. The van der Waals surface area contributed by atoms with Crippen LogP contribution < -0.4 is 9.47 Å². The molecule has 43 heavy (non-hydrogen) atoms. The number of ketones is 2. The van der Waals surface area contributed by atoms with Crippen LogP contribution in [0.25, 0.3) is 0 Å². The monoisotopic (exact) mass is 606 g/mol. The highest BCUT2D eigenvalue weighted by Gasteiger charge is 2.48. The van der Waals surface area contributed by atoms with E-state index in [0.717, 1.165) is 35.4 Å². The van der Waals surface area contributed by atoms with Crippen molar-refractivity contribution in [2.75, 3.05) is 13.2 Å². The van der Waals surface area contributed by atoms with Crippen molar-refractivity contribution >= 4 is 28.9 Å². The van der Waals surface area contributed by atoms with Crippen molar-refractivity contribution in [3.05, 3.63) is 85.2 Å². The Morgan fingerprint density at radius 1 is 0.907 bits per heavy atom. The number of rotatable bonds is 8. The van der Waals surface area contributed by atoms with Crippen LogP contribution in [-0.2, 0) is 16.2 Å². The molecule has 0 radical (unpaired) electrons. The van der Waals surface area contributed by atoms with Crippen LogP contribution >= 0.6 is 11.6 Å². The molecule has 5 rings (SSSR count). The summed E-state index contributed by atoms with van der Waals surface area (Å²) in [4.78, 5) is 40.7. The van der Waals surface area contributed by atoms with Gasteiger partial charge in [0.05, 0.1) is 16.6 Å². The molecular formula is C34H39ClN2O6. The molecule has 2 aromatic carbocycles. The number of benzene rings is 2. The molecule has 0 saturated carbocycles. The smallest absolute Gasteiger partial charge is 0.269 e. The van der Waals surface area contributed by atoms with E-state index in [2.05, 4.69) is 39.5 Å². The van der Waals surface area contributed by atoms with Crippen LogP contribution in [0.15, 0.2) is 58.9 Å². The molecular weight excluding hydrogens is 568 g/mol. The quantitative estimate of drug-likeness (QED) is 0.222. The van der Waals surface area contributed by atoms with Crippen molar-refractivity contribution in [3.63, 3.8) is 0 Å².